The summed E-state index contributed by atoms with van der Waals surface area (Å²) in [5, 5.41) is 27.3. The fourth-order valence-corrected chi connectivity index (χ4v) is 3.46. The number of methoxy groups -OCH3 is 1. The van der Waals surface area contributed by atoms with Crippen molar-refractivity contribution in [2.75, 3.05) is 7.11 Å². The monoisotopic (exact) mass is 396 g/mol. The molecule has 1 aromatic carbocycles. The van der Waals surface area contributed by atoms with Crippen molar-refractivity contribution in [3.05, 3.63) is 57.8 Å². The second-order valence-corrected chi connectivity index (χ2v) is 6.56. The molecule has 28 heavy (non-hydrogen) atoms. The first-order valence-electron chi connectivity index (χ1n) is 7.94. The van der Waals surface area contributed by atoms with Gasteiger partial charge in [-0.05, 0) is 42.3 Å². The third-order valence-corrected chi connectivity index (χ3v) is 4.78. The number of pyridine rings is 1. The molecular weight excluding hydrogens is 382 g/mol. The molecule has 140 valence electrons. The number of aromatic nitrogens is 1. The Morgan fingerprint density at radius 2 is 1.96 bits per heavy atom. The number of rotatable bonds is 6. The van der Waals surface area contributed by atoms with Crippen LogP contribution in [0.15, 0.2) is 34.9 Å². The molecule has 5 nitrogen and oxygen atoms in total. The number of nitrogens with zero attached hydrogens (tertiary/aromatic N) is 4. The van der Waals surface area contributed by atoms with Crippen LogP contribution in [0, 0.1) is 40.9 Å². The third kappa shape index (κ3) is 4.85. The number of nitriles is 3. The Morgan fingerprint density at radius 1 is 1.25 bits per heavy atom. The van der Waals surface area contributed by atoms with Gasteiger partial charge < -0.3 is 4.74 Å². The first kappa shape index (κ1) is 20.9. The second kappa shape index (κ2) is 9.50. The number of thioether (sulfide) groups is 1. The van der Waals surface area contributed by atoms with Gasteiger partial charge in [-0.2, -0.15) is 15.8 Å². The van der Waals surface area contributed by atoms with Crippen molar-refractivity contribution in [3.8, 4) is 24.0 Å². The molecule has 2 rings (SSSR count). The Bertz CT molecular complexity index is 1030. The molecule has 0 saturated heterocycles. The van der Waals surface area contributed by atoms with E-state index in [4.69, 9.17) is 15.3 Å². The van der Waals surface area contributed by atoms with Crippen molar-refractivity contribution < 1.29 is 13.5 Å². The average molecular weight is 396 g/mol. The van der Waals surface area contributed by atoms with E-state index in [0.717, 1.165) is 11.8 Å². The van der Waals surface area contributed by atoms with Gasteiger partial charge in [0, 0.05) is 11.3 Å². The molecular formula is C20H14F2N4OS. The third-order valence-electron chi connectivity index (χ3n) is 3.76. The smallest absolute Gasteiger partial charge is 0.280 e. The number of benzene rings is 1. The van der Waals surface area contributed by atoms with Gasteiger partial charge in [0.25, 0.3) is 6.43 Å². The number of halogens is 2. The van der Waals surface area contributed by atoms with Crippen molar-refractivity contribution >= 4 is 17.8 Å². The van der Waals surface area contributed by atoms with Gasteiger partial charge in [-0.3, -0.25) is 0 Å². The van der Waals surface area contributed by atoms with Crippen LogP contribution in [0.2, 0.25) is 0 Å². The van der Waals surface area contributed by atoms with Crippen LogP contribution in [-0.4, -0.2) is 12.1 Å². The van der Waals surface area contributed by atoms with Crippen LogP contribution < -0.4 is 4.74 Å². The van der Waals surface area contributed by atoms with E-state index in [0.29, 0.717) is 28.2 Å². The Balaban J connectivity index is 2.39. The summed E-state index contributed by atoms with van der Waals surface area (Å²) in [5.41, 5.74) is 1.60. The standard InChI is InChI=1S/C20H14F2N4OS/c1-12-5-17(19(21)22)26-20(16(12)10-25)28-11-15-7-13(3-4-18(15)27-2)6-14(8-23)9-24/h3-7,19H,11H2,1-2H3. The van der Waals surface area contributed by atoms with Gasteiger partial charge in [0.05, 0.1) is 12.7 Å². The Labute approximate surface area is 165 Å². The van der Waals surface area contributed by atoms with Crippen molar-refractivity contribution in [1.82, 2.24) is 4.98 Å². The van der Waals surface area contributed by atoms with Gasteiger partial charge in [-0.15, -0.1) is 11.8 Å². The minimum Gasteiger partial charge on any atom is -0.496 e. The van der Waals surface area contributed by atoms with Crippen LogP contribution >= 0.6 is 11.8 Å². The lowest BCUT2D eigenvalue weighted by Gasteiger charge is -2.12. The maximum Gasteiger partial charge on any atom is 0.280 e. The molecule has 1 aromatic heterocycles. The molecule has 0 N–H and O–H groups in total. The lowest BCUT2D eigenvalue weighted by molar-refractivity contribution is 0.145. The molecule has 0 spiro atoms. The number of allylic oxidation sites excluding steroid dienone is 1. The predicted octanol–water partition coefficient (Wildman–Crippen LogP) is 4.93. The van der Waals surface area contributed by atoms with E-state index in [1.54, 1.807) is 37.3 Å². The highest BCUT2D eigenvalue weighted by atomic mass is 32.2. The molecule has 8 heteroatoms. The largest absolute Gasteiger partial charge is 0.496 e. The number of hydrogen-bond acceptors (Lipinski definition) is 6. The number of hydrogen-bond donors (Lipinski definition) is 0. The van der Waals surface area contributed by atoms with Crippen LogP contribution in [0.1, 0.15) is 34.4 Å². The topological polar surface area (TPSA) is 93.5 Å². The van der Waals surface area contributed by atoms with Gasteiger partial charge in [-0.1, -0.05) is 6.07 Å². The molecule has 0 aliphatic rings. The van der Waals surface area contributed by atoms with Gasteiger partial charge in [0.15, 0.2) is 0 Å². The van der Waals surface area contributed by atoms with Gasteiger partial charge in [-0.25, -0.2) is 13.8 Å². The van der Waals surface area contributed by atoms with Gasteiger partial charge >= 0.3 is 0 Å². The highest BCUT2D eigenvalue weighted by molar-refractivity contribution is 7.98. The zero-order chi connectivity index (χ0) is 20.7. The summed E-state index contributed by atoms with van der Waals surface area (Å²) in [4.78, 5) is 3.92. The first-order chi connectivity index (χ1) is 13.4. The van der Waals surface area contributed by atoms with Gasteiger partial charge in [0.2, 0.25) is 0 Å². The summed E-state index contributed by atoms with van der Waals surface area (Å²) in [6.45, 7) is 1.59. The number of ether oxygens (including phenoxy) is 1. The number of alkyl halides is 2. The van der Waals surface area contributed by atoms with Crippen molar-refractivity contribution in [1.29, 1.82) is 15.8 Å². The molecule has 0 bridgehead atoms. The molecule has 0 aliphatic heterocycles. The molecule has 0 unspecified atom stereocenters. The lowest BCUT2D eigenvalue weighted by Crippen LogP contribution is -1.99. The molecule has 0 saturated carbocycles. The molecule has 0 aliphatic carbocycles. The molecule has 0 atom stereocenters. The Hall–Kier alpha value is -3.41. The first-order valence-corrected chi connectivity index (χ1v) is 8.93. The van der Waals surface area contributed by atoms with Gasteiger partial charge in [0.1, 0.15) is 40.3 Å². The minimum atomic E-state index is -2.73. The van der Waals surface area contributed by atoms with Crippen LogP contribution in [0.25, 0.3) is 6.08 Å². The average Bonchev–Trinajstić information content (AvgIpc) is 2.69. The zero-order valence-corrected chi connectivity index (χ0v) is 15.8. The summed E-state index contributed by atoms with van der Waals surface area (Å²) in [7, 11) is 1.50. The Morgan fingerprint density at radius 3 is 2.54 bits per heavy atom. The summed E-state index contributed by atoms with van der Waals surface area (Å²) in [6.07, 6.45) is -1.29. The summed E-state index contributed by atoms with van der Waals surface area (Å²) in [6, 6.07) is 11.9. The van der Waals surface area contributed by atoms with E-state index in [2.05, 4.69) is 4.98 Å². The summed E-state index contributed by atoms with van der Waals surface area (Å²) >= 11 is 1.14. The summed E-state index contributed by atoms with van der Waals surface area (Å²) < 4.78 is 31.4. The SMILES string of the molecule is COc1ccc(C=C(C#N)C#N)cc1CSc1nc(C(F)F)cc(C)c1C#N. The van der Waals surface area contributed by atoms with E-state index in [1.807, 2.05) is 6.07 Å². The van der Waals surface area contributed by atoms with Crippen LogP contribution in [0.4, 0.5) is 8.78 Å². The highest BCUT2D eigenvalue weighted by Crippen LogP contribution is 2.32. The van der Waals surface area contributed by atoms with E-state index < -0.39 is 6.43 Å². The van der Waals surface area contributed by atoms with Crippen molar-refractivity contribution in [2.24, 2.45) is 0 Å². The maximum atomic E-state index is 13.1. The molecule has 2 aromatic rings. The van der Waals surface area contributed by atoms with E-state index in [-0.39, 0.29) is 21.9 Å². The normalized spacial score (nSPS) is 9.93. The highest BCUT2D eigenvalue weighted by Gasteiger charge is 2.17. The molecule has 1 heterocycles. The van der Waals surface area contributed by atoms with E-state index in [1.165, 1.54) is 19.3 Å². The van der Waals surface area contributed by atoms with E-state index in [9.17, 15) is 14.0 Å². The lowest BCUT2D eigenvalue weighted by atomic mass is 10.1. The fraction of sp³-hybridized carbons (Fsp3) is 0.200. The Kier molecular flexibility index (Phi) is 7.09. The number of aryl methyl sites for hydroxylation is 1. The summed E-state index contributed by atoms with van der Waals surface area (Å²) in [5.74, 6) is 0.855. The predicted molar refractivity (Wildman–Crippen MR) is 100 cm³/mol. The van der Waals surface area contributed by atoms with Crippen molar-refractivity contribution in [3.63, 3.8) is 0 Å². The quantitative estimate of drug-likeness (QED) is 0.508. The van der Waals surface area contributed by atoms with Crippen LogP contribution in [-0.2, 0) is 5.75 Å². The molecule has 0 amide bonds. The fourth-order valence-electron chi connectivity index (χ4n) is 2.42. The van der Waals surface area contributed by atoms with Crippen LogP contribution in [0.3, 0.4) is 0 Å². The van der Waals surface area contributed by atoms with E-state index >= 15 is 0 Å². The van der Waals surface area contributed by atoms with Crippen molar-refractivity contribution in [2.45, 2.75) is 24.1 Å². The molecule has 0 radical (unpaired) electrons. The second-order valence-electron chi connectivity index (χ2n) is 5.60. The maximum absolute atomic E-state index is 13.1. The van der Waals surface area contributed by atoms with Crippen LogP contribution in [0.5, 0.6) is 5.75 Å². The zero-order valence-electron chi connectivity index (χ0n) is 15.0. The minimum absolute atomic E-state index is 0.0440. The molecule has 0 fully saturated rings.